The van der Waals surface area contributed by atoms with Gasteiger partial charge in [0.2, 0.25) is 0 Å². The monoisotopic (exact) mass is 368 g/mol. The zero-order chi connectivity index (χ0) is 18.5. The molecule has 138 valence electrons. The molecule has 0 aliphatic carbocycles. The van der Waals surface area contributed by atoms with E-state index in [4.69, 9.17) is 12.2 Å². The number of nitrogens with one attached hydrogen (secondary N) is 1. The van der Waals surface area contributed by atoms with E-state index in [1.54, 1.807) is 0 Å². The van der Waals surface area contributed by atoms with Gasteiger partial charge in [0.1, 0.15) is 0 Å². The number of aryl methyl sites for hydroxylation is 3. The molecule has 0 saturated carbocycles. The van der Waals surface area contributed by atoms with Crippen LogP contribution in [0, 0.1) is 20.8 Å². The summed E-state index contributed by atoms with van der Waals surface area (Å²) in [4.78, 5) is 9.20. The van der Waals surface area contributed by atoms with Crippen molar-refractivity contribution in [2.24, 2.45) is 0 Å². The van der Waals surface area contributed by atoms with Gasteiger partial charge in [-0.1, -0.05) is 12.1 Å². The molecular weight excluding hydrogens is 340 g/mol. The summed E-state index contributed by atoms with van der Waals surface area (Å²) in [5.41, 5.74) is 6.10. The van der Waals surface area contributed by atoms with Crippen LogP contribution in [0.1, 0.15) is 28.8 Å². The van der Waals surface area contributed by atoms with Gasteiger partial charge >= 0.3 is 0 Å². The van der Waals surface area contributed by atoms with Crippen LogP contribution in [0.4, 0.5) is 5.69 Å². The Kier molecular flexibility index (Phi) is 6.22. The highest BCUT2D eigenvalue weighted by Gasteiger charge is 2.18. The summed E-state index contributed by atoms with van der Waals surface area (Å²) < 4.78 is 0. The summed E-state index contributed by atoms with van der Waals surface area (Å²) in [5.74, 6) is 0. The van der Waals surface area contributed by atoms with Gasteiger partial charge in [0.15, 0.2) is 5.11 Å². The highest BCUT2D eigenvalue weighted by molar-refractivity contribution is 7.80. The standard InChI is InChI=1S/C21H28N4S/c1-16-13-18(3)20(14-17(16)2)23-21(26)25-10-6-9-24(11-12-25)15-19-7-4-5-8-22-19/h4-5,7-8,13-14H,6,9-12,15H2,1-3H3,(H,23,26). The molecule has 1 aromatic heterocycles. The lowest BCUT2D eigenvalue weighted by atomic mass is 10.1. The number of nitrogens with zero attached hydrogens (tertiary/aromatic N) is 3. The minimum Gasteiger partial charge on any atom is -0.348 e. The predicted octanol–water partition coefficient (Wildman–Crippen LogP) is 3.91. The molecular formula is C21H28N4S. The van der Waals surface area contributed by atoms with Gasteiger partial charge in [0, 0.05) is 44.6 Å². The Hall–Kier alpha value is -1.98. The highest BCUT2D eigenvalue weighted by Crippen LogP contribution is 2.21. The molecule has 1 aliphatic heterocycles. The molecule has 1 aromatic carbocycles. The van der Waals surface area contributed by atoms with Crippen LogP contribution in [-0.2, 0) is 6.54 Å². The van der Waals surface area contributed by atoms with Crippen molar-refractivity contribution in [3.8, 4) is 0 Å². The number of hydrogen-bond donors (Lipinski definition) is 1. The number of rotatable bonds is 3. The molecule has 3 rings (SSSR count). The Balaban J connectivity index is 1.58. The topological polar surface area (TPSA) is 31.4 Å². The SMILES string of the molecule is Cc1cc(C)c(NC(=S)N2CCCN(Cc3ccccn3)CC2)cc1C. The molecule has 1 saturated heterocycles. The Labute approximate surface area is 162 Å². The van der Waals surface area contributed by atoms with Gasteiger partial charge in [0.05, 0.1) is 5.69 Å². The highest BCUT2D eigenvalue weighted by atomic mass is 32.1. The van der Waals surface area contributed by atoms with Gasteiger partial charge in [-0.3, -0.25) is 9.88 Å². The smallest absolute Gasteiger partial charge is 0.173 e. The third-order valence-corrected chi connectivity index (χ3v) is 5.43. The zero-order valence-electron chi connectivity index (χ0n) is 16.0. The Bertz CT molecular complexity index is 760. The van der Waals surface area contributed by atoms with Crippen molar-refractivity contribution in [2.75, 3.05) is 31.5 Å². The maximum atomic E-state index is 5.70. The third-order valence-electron chi connectivity index (χ3n) is 5.07. The average Bonchev–Trinajstić information content (AvgIpc) is 2.86. The van der Waals surface area contributed by atoms with E-state index < -0.39 is 0 Å². The van der Waals surface area contributed by atoms with Gasteiger partial charge < -0.3 is 10.2 Å². The molecule has 5 heteroatoms. The van der Waals surface area contributed by atoms with Crippen LogP contribution in [0.2, 0.25) is 0 Å². The van der Waals surface area contributed by atoms with E-state index in [2.05, 4.69) is 65.1 Å². The summed E-state index contributed by atoms with van der Waals surface area (Å²) in [6, 6.07) is 10.5. The Morgan fingerprint density at radius 1 is 1.04 bits per heavy atom. The van der Waals surface area contributed by atoms with Crippen molar-refractivity contribution in [3.05, 3.63) is 58.9 Å². The first-order valence-corrected chi connectivity index (χ1v) is 9.70. The normalized spacial score (nSPS) is 15.6. The van der Waals surface area contributed by atoms with Gasteiger partial charge in [0.25, 0.3) is 0 Å². The van der Waals surface area contributed by atoms with Gasteiger partial charge in [-0.2, -0.15) is 0 Å². The van der Waals surface area contributed by atoms with Gasteiger partial charge in [-0.25, -0.2) is 0 Å². The summed E-state index contributed by atoms with van der Waals surface area (Å²) in [5, 5.41) is 4.30. The zero-order valence-corrected chi connectivity index (χ0v) is 16.8. The fourth-order valence-electron chi connectivity index (χ4n) is 3.34. The van der Waals surface area contributed by atoms with Crippen molar-refractivity contribution in [2.45, 2.75) is 33.7 Å². The second-order valence-corrected chi connectivity index (χ2v) is 7.51. The Morgan fingerprint density at radius 3 is 2.62 bits per heavy atom. The fourth-order valence-corrected chi connectivity index (χ4v) is 3.63. The lowest BCUT2D eigenvalue weighted by molar-refractivity contribution is 0.275. The van der Waals surface area contributed by atoms with E-state index in [9.17, 15) is 0 Å². The third kappa shape index (κ3) is 4.80. The molecule has 0 atom stereocenters. The second kappa shape index (κ2) is 8.60. The molecule has 1 N–H and O–H groups in total. The lowest BCUT2D eigenvalue weighted by Gasteiger charge is -2.25. The molecule has 2 aromatic rings. The predicted molar refractivity (Wildman–Crippen MR) is 113 cm³/mol. The number of thiocarbonyl (C=S) groups is 1. The van der Waals surface area contributed by atoms with Crippen LogP contribution in [0.5, 0.6) is 0 Å². The van der Waals surface area contributed by atoms with Crippen LogP contribution in [0.25, 0.3) is 0 Å². The van der Waals surface area contributed by atoms with E-state index in [1.807, 2.05) is 12.3 Å². The molecule has 1 fully saturated rings. The summed E-state index contributed by atoms with van der Waals surface area (Å²) in [6.45, 7) is 11.4. The molecule has 1 aliphatic rings. The molecule has 0 spiro atoms. The lowest BCUT2D eigenvalue weighted by Crippen LogP contribution is -2.38. The van der Waals surface area contributed by atoms with E-state index in [1.165, 1.54) is 16.7 Å². The number of hydrogen-bond acceptors (Lipinski definition) is 3. The number of pyridine rings is 1. The Morgan fingerprint density at radius 2 is 1.85 bits per heavy atom. The van der Waals surface area contributed by atoms with Crippen LogP contribution < -0.4 is 5.32 Å². The maximum Gasteiger partial charge on any atom is 0.173 e. The minimum absolute atomic E-state index is 0.830. The van der Waals surface area contributed by atoms with Gasteiger partial charge in [-0.15, -0.1) is 0 Å². The molecule has 0 unspecified atom stereocenters. The molecule has 0 radical (unpaired) electrons. The van der Waals surface area contributed by atoms with Crippen molar-refractivity contribution in [1.29, 1.82) is 0 Å². The van der Waals surface area contributed by atoms with E-state index in [-0.39, 0.29) is 0 Å². The molecule has 0 bridgehead atoms. The summed E-state index contributed by atoms with van der Waals surface area (Å²) in [6.07, 6.45) is 2.98. The van der Waals surface area contributed by atoms with Crippen LogP contribution >= 0.6 is 12.2 Å². The number of aromatic nitrogens is 1. The summed E-state index contributed by atoms with van der Waals surface area (Å²) in [7, 11) is 0. The van der Waals surface area contributed by atoms with Crippen molar-refractivity contribution in [3.63, 3.8) is 0 Å². The van der Waals surface area contributed by atoms with Gasteiger partial charge in [-0.05, 0) is 74.3 Å². The quantitative estimate of drug-likeness (QED) is 0.830. The minimum atomic E-state index is 0.830. The van der Waals surface area contributed by atoms with Crippen molar-refractivity contribution < 1.29 is 0 Å². The van der Waals surface area contributed by atoms with E-state index in [0.29, 0.717) is 0 Å². The molecule has 26 heavy (non-hydrogen) atoms. The maximum absolute atomic E-state index is 5.70. The first-order valence-electron chi connectivity index (χ1n) is 9.29. The number of anilines is 1. The van der Waals surface area contributed by atoms with E-state index in [0.717, 1.165) is 55.6 Å². The number of benzene rings is 1. The molecule has 4 nitrogen and oxygen atoms in total. The van der Waals surface area contributed by atoms with Crippen molar-refractivity contribution in [1.82, 2.24) is 14.8 Å². The first-order chi connectivity index (χ1) is 12.5. The molecule has 0 amide bonds. The van der Waals surface area contributed by atoms with E-state index >= 15 is 0 Å². The average molecular weight is 369 g/mol. The summed E-state index contributed by atoms with van der Waals surface area (Å²) >= 11 is 5.70. The first kappa shape index (κ1) is 18.8. The van der Waals surface area contributed by atoms with Crippen LogP contribution in [0.3, 0.4) is 0 Å². The van der Waals surface area contributed by atoms with Crippen LogP contribution in [-0.4, -0.2) is 46.1 Å². The second-order valence-electron chi connectivity index (χ2n) is 7.12. The van der Waals surface area contributed by atoms with Crippen molar-refractivity contribution >= 4 is 23.0 Å². The fraction of sp³-hybridized carbons (Fsp3) is 0.429. The van der Waals surface area contributed by atoms with Crippen LogP contribution in [0.15, 0.2) is 36.5 Å². The molecule has 2 heterocycles. The largest absolute Gasteiger partial charge is 0.348 e.